The van der Waals surface area contributed by atoms with Crippen LogP contribution < -0.4 is 10.2 Å². The standard InChI is InChI=1S/C13H22N4O4/c1-10(9-21-4)16(5-6-20-3)13-8-11(17(18)19)7-12(14-2)15-13/h7-8,10H,5-6,9H2,1-4H3,(H,14,15). The number of nitro groups is 1. The molecule has 0 aliphatic rings. The number of pyridine rings is 1. The van der Waals surface area contributed by atoms with E-state index in [4.69, 9.17) is 9.47 Å². The van der Waals surface area contributed by atoms with Gasteiger partial charge in [-0.3, -0.25) is 10.1 Å². The van der Waals surface area contributed by atoms with Crippen LogP contribution >= 0.6 is 0 Å². The monoisotopic (exact) mass is 298 g/mol. The van der Waals surface area contributed by atoms with Crippen molar-refractivity contribution < 1.29 is 14.4 Å². The van der Waals surface area contributed by atoms with Crippen molar-refractivity contribution in [3.05, 3.63) is 22.2 Å². The van der Waals surface area contributed by atoms with E-state index in [9.17, 15) is 10.1 Å². The minimum absolute atomic E-state index is 0.00335. The highest BCUT2D eigenvalue weighted by Crippen LogP contribution is 2.24. The van der Waals surface area contributed by atoms with E-state index in [2.05, 4.69) is 10.3 Å². The Morgan fingerprint density at radius 2 is 2.14 bits per heavy atom. The molecule has 1 unspecified atom stereocenters. The second-order valence-corrected chi connectivity index (χ2v) is 4.57. The smallest absolute Gasteiger partial charge is 0.276 e. The molecule has 0 aromatic carbocycles. The van der Waals surface area contributed by atoms with E-state index < -0.39 is 4.92 Å². The number of hydrogen-bond donors (Lipinski definition) is 1. The van der Waals surface area contributed by atoms with Crippen molar-refractivity contribution in [1.82, 2.24) is 4.98 Å². The molecule has 8 nitrogen and oxygen atoms in total. The maximum Gasteiger partial charge on any atom is 0.276 e. The van der Waals surface area contributed by atoms with Gasteiger partial charge in [0.05, 0.1) is 36.3 Å². The molecule has 0 spiro atoms. The van der Waals surface area contributed by atoms with Crippen LogP contribution in [0.2, 0.25) is 0 Å². The molecular formula is C13H22N4O4. The number of ether oxygens (including phenoxy) is 2. The molecule has 0 amide bonds. The molecule has 1 atom stereocenters. The molecule has 8 heteroatoms. The van der Waals surface area contributed by atoms with Gasteiger partial charge in [0.2, 0.25) is 0 Å². The summed E-state index contributed by atoms with van der Waals surface area (Å²) in [7, 11) is 4.90. The number of anilines is 2. The number of nitrogens with zero attached hydrogens (tertiary/aromatic N) is 3. The molecule has 1 aromatic heterocycles. The fourth-order valence-corrected chi connectivity index (χ4v) is 1.96. The van der Waals surface area contributed by atoms with Crippen LogP contribution in [0.15, 0.2) is 12.1 Å². The summed E-state index contributed by atoms with van der Waals surface area (Å²) in [4.78, 5) is 16.9. The molecular weight excluding hydrogens is 276 g/mol. The fraction of sp³-hybridized carbons (Fsp3) is 0.615. The number of nitrogens with one attached hydrogen (secondary N) is 1. The lowest BCUT2D eigenvalue weighted by atomic mass is 10.2. The summed E-state index contributed by atoms with van der Waals surface area (Å²) in [5.74, 6) is 0.974. The van der Waals surface area contributed by atoms with E-state index in [0.717, 1.165) is 0 Å². The predicted octanol–water partition coefficient (Wildman–Crippen LogP) is 1.52. The zero-order valence-corrected chi connectivity index (χ0v) is 12.8. The van der Waals surface area contributed by atoms with Gasteiger partial charge in [0.15, 0.2) is 0 Å². The average molecular weight is 298 g/mol. The molecule has 0 radical (unpaired) electrons. The third kappa shape index (κ3) is 4.83. The van der Waals surface area contributed by atoms with E-state index in [-0.39, 0.29) is 11.7 Å². The van der Waals surface area contributed by atoms with E-state index >= 15 is 0 Å². The first-order chi connectivity index (χ1) is 10.0. The largest absolute Gasteiger partial charge is 0.383 e. The van der Waals surface area contributed by atoms with Crippen LogP contribution in [0.25, 0.3) is 0 Å². The van der Waals surface area contributed by atoms with Gasteiger partial charge < -0.3 is 19.7 Å². The number of hydrogen-bond acceptors (Lipinski definition) is 7. The topological polar surface area (TPSA) is 89.8 Å². The second-order valence-electron chi connectivity index (χ2n) is 4.57. The number of methoxy groups -OCH3 is 2. The van der Waals surface area contributed by atoms with Gasteiger partial charge in [0.25, 0.3) is 5.69 Å². The minimum atomic E-state index is -0.429. The molecule has 0 aliphatic carbocycles. The number of aromatic nitrogens is 1. The molecule has 118 valence electrons. The van der Waals surface area contributed by atoms with Crippen LogP contribution in [0.1, 0.15) is 6.92 Å². The summed E-state index contributed by atoms with van der Waals surface area (Å²) in [5.41, 5.74) is -0.00335. The quantitative estimate of drug-likeness (QED) is 0.546. The van der Waals surface area contributed by atoms with Gasteiger partial charge >= 0.3 is 0 Å². The molecule has 0 saturated heterocycles. The van der Waals surface area contributed by atoms with Gasteiger partial charge in [0.1, 0.15) is 11.6 Å². The molecule has 1 heterocycles. The van der Waals surface area contributed by atoms with Crippen LogP contribution in [-0.4, -0.2) is 57.0 Å². The van der Waals surface area contributed by atoms with Gasteiger partial charge in [-0.2, -0.15) is 0 Å². The molecule has 0 saturated carbocycles. The van der Waals surface area contributed by atoms with Crippen molar-refractivity contribution in [2.24, 2.45) is 0 Å². The Bertz CT molecular complexity index is 469. The number of rotatable bonds is 9. The summed E-state index contributed by atoms with van der Waals surface area (Å²) < 4.78 is 10.3. The lowest BCUT2D eigenvalue weighted by Gasteiger charge is -2.29. The van der Waals surface area contributed by atoms with Crippen molar-refractivity contribution in [3.63, 3.8) is 0 Å². The molecule has 1 aromatic rings. The highest BCUT2D eigenvalue weighted by Gasteiger charge is 2.19. The van der Waals surface area contributed by atoms with Gasteiger partial charge in [0, 0.05) is 27.8 Å². The molecule has 0 fully saturated rings. The summed E-state index contributed by atoms with van der Waals surface area (Å²) in [6.45, 7) is 3.52. The van der Waals surface area contributed by atoms with E-state index in [1.165, 1.54) is 12.1 Å². The molecule has 1 rings (SSSR count). The van der Waals surface area contributed by atoms with Crippen LogP contribution in [0.3, 0.4) is 0 Å². The summed E-state index contributed by atoms with van der Waals surface area (Å²) in [6, 6.07) is 2.88. The first kappa shape index (κ1) is 17.1. The normalized spacial score (nSPS) is 12.0. The Labute approximate surface area is 124 Å². The Hall–Kier alpha value is -1.93. The van der Waals surface area contributed by atoms with Crippen LogP contribution in [0, 0.1) is 10.1 Å². The highest BCUT2D eigenvalue weighted by molar-refractivity contribution is 5.56. The SMILES string of the molecule is CNc1cc([N+](=O)[O-])cc(N(CCOC)C(C)COC)n1. The lowest BCUT2D eigenvalue weighted by molar-refractivity contribution is -0.384. The molecule has 21 heavy (non-hydrogen) atoms. The minimum Gasteiger partial charge on any atom is -0.383 e. The molecule has 0 aliphatic heterocycles. The van der Waals surface area contributed by atoms with Crippen LogP contribution in [-0.2, 0) is 9.47 Å². The Kier molecular flexibility index (Phi) is 6.83. The highest BCUT2D eigenvalue weighted by atomic mass is 16.6. The van der Waals surface area contributed by atoms with Crippen molar-refractivity contribution in [3.8, 4) is 0 Å². The van der Waals surface area contributed by atoms with E-state index in [1.54, 1.807) is 21.3 Å². The van der Waals surface area contributed by atoms with Crippen LogP contribution in [0.5, 0.6) is 0 Å². The van der Waals surface area contributed by atoms with Crippen molar-refractivity contribution in [2.75, 3.05) is 51.2 Å². The van der Waals surface area contributed by atoms with Gasteiger partial charge in [-0.1, -0.05) is 0 Å². The molecule has 0 bridgehead atoms. The van der Waals surface area contributed by atoms with Crippen LogP contribution in [0.4, 0.5) is 17.3 Å². The fourth-order valence-electron chi connectivity index (χ4n) is 1.96. The third-order valence-electron chi connectivity index (χ3n) is 3.03. The van der Waals surface area contributed by atoms with Crippen molar-refractivity contribution >= 4 is 17.3 Å². The van der Waals surface area contributed by atoms with E-state index in [0.29, 0.717) is 31.4 Å². The maximum absolute atomic E-state index is 11.0. The van der Waals surface area contributed by atoms with Gasteiger partial charge in [-0.15, -0.1) is 0 Å². The average Bonchev–Trinajstić information content (AvgIpc) is 2.47. The first-order valence-corrected chi connectivity index (χ1v) is 6.62. The summed E-state index contributed by atoms with van der Waals surface area (Å²) >= 11 is 0. The second kappa shape index (κ2) is 8.38. The first-order valence-electron chi connectivity index (χ1n) is 6.62. The summed E-state index contributed by atoms with van der Waals surface area (Å²) in [6.07, 6.45) is 0. The third-order valence-corrected chi connectivity index (χ3v) is 3.03. The van der Waals surface area contributed by atoms with Crippen molar-refractivity contribution in [1.29, 1.82) is 0 Å². The summed E-state index contributed by atoms with van der Waals surface area (Å²) in [5, 5.41) is 13.9. The van der Waals surface area contributed by atoms with Gasteiger partial charge in [-0.05, 0) is 6.92 Å². The molecule has 1 N–H and O–H groups in total. The van der Waals surface area contributed by atoms with Crippen molar-refractivity contribution in [2.45, 2.75) is 13.0 Å². The predicted molar refractivity (Wildman–Crippen MR) is 81.0 cm³/mol. The Balaban J connectivity index is 3.15. The Morgan fingerprint density at radius 3 is 2.67 bits per heavy atom. The maximum atomic E-state index is 11.0. The zero-order chi connectivity index (χ0) is 15.8. The Morgan fingerprint density at radius 1 is 1.43 bits per heavy atom. The zero-order valence-electron chi connectivity index (χ0n) is 12.8. The lowest BCUT2D eigenvalue weighted by Crippen LogP contribution is -2.39. The van der Waals surface area contributed by atoms with Gasteiger partial charge in [-0.25, -0.2) is 4.98 Å². The van der Waals surface area contributed by atoms with E-state index in [1.807, 2.05) is 11.8 Å².